The SMILES string of the molecule is CCCCCCCCCCCCOP(=O)(O)OCC1COCCCOc2ccccc2OCCCO1. The van der Waals surface area contributed by atoms with Crippen LogP contribution in [0.1, 0.15) is 84.0 Å². The van der Waals surface area contributed by atoms with Crippen LogP contribution in [0.2, 0.25) is 0 Å². The fraction of sp³-hybridized carbons (Fsp3) is 0.778. The highest BCUT2D eigenvalue weighted by Gasteiger charge is 2.24. The molecule has 0 saturated heterocycles. The summed E-state index contributed by atoms with van der Waals surface area (Å²) in [5, 5.41) is 0. The van der Waals surface area contributed by atoms with Gasteiger partial charge in [0.05, 0.1) is 39.6 Å². The van der Waals surface area contributed by atoms with E-state index in [-0.39, 0.29) is 19.8 Å². The van der Waals surface area contributed by atoms with Gasteiger partial charge in [0.2, 0.25) is 0 Å². The predicted molar refractivity (Wildman–Crippen MR) is 141 cm³/mol. The summed E-state index contributed by atoms with van der Waals surface area (Å²) in [6.45, 7) is 4.49. The first-order chi connectivity index (χ1) is 17.6. The van der Waals surface area contributed by atoms with Crippen molar-refractivity contribution in [2.75, 3.05) is 46.2 Å². The molecule has 208 valence electrons. The fourth-order valence-corrected chi connectivity index (χ4v) is 4.65. The standard InChI is InChI=1S/C27H47O8P/c1-2-3-4-5-6-7-8-9-10-13-22-34-36(28,29)35-24-25-23-30-18-14-20-32-26-16-11-12-17-27(26)33-21-15-19-31-25/h11-12,16-17,25H,2-10,13-15,18-24H2,1H3,(H,28,29). The van der Waals surface area contributed by atoms with Crippen molar-refractivity contribution in [3.05, 3.63) is 24.3 Å². The number of benzene rings is 1. The molecule has 0 amide bonds. The van der Waals surface area contributed by atoms with Crippen LogP contribution < -0.4 is 9.47 Å². The van der Waals surface area contributed by atoms with Gasteiger partial charge in [0.1, 0.15) is 6.10 Å². The van der Waals surface area contributed by atoms with Crippen LogP contribution >= 0.6 is 7.82 Å². The molecule has 36 heavy (non-hydrogen) atoms. The largest absolute Gasteiger partial charge is 0.490 e. The van der Waals surface area contributed by atoms with Crippen LogP contribution in [0.3, 0.4) is 0 Å². The van der Waals surface area contributed by atoms with Gasteiger partial charge in [-0.05, 0) is 18.6 Å². The van der Waals surface area contributed by atoms with Gasteiger partial charge >= 0.3 is 7.82 Å². The van der Waals surface area contributed by atoms with Gasteiger partial charge in [-0.1, -0.05) is 76.8 Å². The minimum Gasteiger partial charge on any atom is -0.490 e. The molecule has 2 rings (SSSR count). The Kier molecular flexibility index (Phi) is 17.2. The fourth-order valence-electron chi connectivity index (χ4n) is 3.87. The highest BCUT2D eigenvalue weighted by Crippen LogP contribution is 2.43. The van der Waals surface area contributed by atoms with E-state index < -0.39 is 13.9 Å². The highest BCUT2D eigenvalue weighted by molar-refractivity contribution is 7.47. The molecule has 9 heteroatoms. The van der Waals surface area contributed by atoms with Crippen LogP contribution in [0.4, 0.5) is 0 Å². The number of phosphoric acid groups is 1. The molecule has 2 atom stereocenters. The quantitative estimate of drug-likeness (QED) is 0.198. The first-order valence-corrected chi connectivity index (χ1v) is 15.3. The summed E-state index contributed by atoms with van der Waals surface area (Å²) in [4.78, 5) is 10.0. The molecule has 1 aromatic rings. The zero-order valence-electron chi connectivity index (χ0n) is 22.1. The normalized spacial score (nSPS) is 19.3. The van der Waals surface area contributed by atoms with Crippen molar-refractivity contribution in [2.45, 2.75) is 90.1 Å². The Hall–Kier alpha value is -1.15. The molecule has 1 aliphatic heterocycles. The molecule has 0 bridgehead atoms. The smallest absolute Gasteiger partial charge is 0.472 e. The van der Waals surface area contributed by atoms with Crippen LogP contribution in [0, 0.1) is 0 Å². The number of rotatable bonds is 15. The summed E-state index contributed by atoms with van der Waals surface area (Å²) in [6.07, 6.45) is 12.8. The van der Waals surface area contributed by atoms with Crippen molar-refractivity contribution in [1.29, 1.82) is 0 Å². The molecule has 1 aromatic carbocycles. The minimum absolute atomic E-state index is 0.0774. The van der Waals surface area contributed by atoms with Crippen molar-refractivity contribution in [3.63, 3.8) is 0 Å². The van der Waals surface area contributed by atoms with E-state index in [1.807, 2.05) is 24.3 Å². The molecule has 1 N–H and O–H groups in total. The maximum absolute atomic E-state index is 12.3. The van der Waals surface area contributed by atoms with E-state index in [2.05, 4.69) is 6.92 Å². The second kappa shape index (κ2) is 19.9. The van der Waals surface area contributed by atoms with E-state index in [9.17, 15) is 9.46 Å². The van der Waals surface area contributed by atoms with Gasteiger partial charge < -0.3 is 23.8 Å². The molecule has 2 unspecified atom stereocenters. The number of hydrogen-bond donors (Lipinski definition) is 1. The first kappa shape index (κ1) is 31.1. The third kappa shape index (κ3) is 15.2. The Labute approximate surface area is 217 Å². The zero-order chi connectivity index (χ0) is 25.7. The van der Waals surface area contributed by atoms with E-state index in [1.165, 1.54) is 44.9 Å². The average Bonchev–Trinajstić information content (AvgIpc) is 2.87. The first-order valence-electron chi connectivity index (χ1n) is 13.8. The molecule has 0 aliphatic carbocycles. The molecular formula is C27H47O8P. The molecule has 0 fully saturated rings. The molecule has 8 nitrogen and oxygen atoms in total. The van der Waals surface area contributed by atoms with Crippen molar-refractivity contribution in [3.8, 4) is 11.5 Å². The van der Waals surface area contributed by atoms with E-state index in [4.69, 9.17) is 28.0 Å². The Morgan fingerprint density at radius 1 is 0.833 bits per heavy atom. The summed E-state index contributed by atoms with van der Waals surface area (Å²) in [5.74, 6) is 1.43. The summed E-state index contributed by atoms with van der Waals surface area (Å²) in [5.41, 5.74) is 0. The number of hydrogen-bond acceptors (Lipinski definition) is 7. The van der Waals surface area contributed by atoms with Gasteiger partial charge in [-0.15, -0.1) is 0 Å². The van der Waals surface area contributed by atoms with Crippen molar-refractivity contribution in [2.24, 2.45) is 0 Å². The van der Waals surface area contributed by atoms with Crippen LogP contribution in [0.5, 0.6) is 11.5 Å². The second-order valence-electron chi connectivity index (χ2n) is 9.20. The number of para-hydroxylation sites is 2. The Morgan fingerprint density at radius 2 is 1.42 bits per heavy atom. The van der Waals surface area contributed by atoms with Gasteiger partial charge in [0.15, 0.2) is 11.5 Å². The summed E-state index contributed by atoms with van der Waals surface area (Å²) in [6, 6.07) is 7.58. The molecule has 1 aliphatic rings. The Morgan fingerprint density at radius 3 is 2.06 bits per heavy atom. The molecule has 1 heterocycles. The lowest BCUT2D eigenvalue weighted by molar-refractivity contribution is -0.0470. The number of phosphoric ester groups is 1. The van der Waals surface area contributed by atoms with Crippen molar-refractivity contribution in [1.82, 2.24) is 0 Å². The lowest BCUT2D eigenvalue weighted by Crippen LogP contribution is -2.27. The van der Waals surface area contributed by atoms with Crippen LogP contribution in [-0.2, 0) is 23.1 Å². The number of fused-ring (bicyclic) bond motifs is 1. The lowest BCUT2D eigenvalue weighted by atomic mass is 10.1. The van der Waals surface area contributed by atoms with Gasteiger partial charge in [0.25, 0.3) is 0 Å². The van der Waals surface area contributed by atoms with Crippen LogP contribution in [-0.4, -0.2) is 57.2 Å². The maximum atomic E-state index is 12.3. The highest BCUT2D eigenvalue weighted by atomic mass is 31.2. The van der Waals surface area contributed by atoms with Gasteiger partial charge in [-0.2, -0.15) is 0 Å². The Balaban J connectivity index is 1.59. The monoisotopic (exact) mass is 530 g/mol. The van der Waals surface area contributed by atoms with E-state index in [1.54, 1.807) is 0 Å². The topological polar surface area (TPSA) is 92.7 Å². The minimum atomic E-state index is -4.13. The Bertz CT molecular complexity index is 717. The maximum Gasteiger partial charge on any atom is 0.472 e. The van der Waals surface area contributed by atoms with Crippen LogP contribution in [0.15, 0.2) is 24.3 Å². The number of ether oxygens (including phenoxy) is 4. The third-order valence-corrected chi connectivity index (χ3v) is 6.90. The average molecular weight is 531 g/mol. The van der Waals surface area contributed by atoms with Gasteiger partial charge in [-0.25, -0.2) is 4.57 Å². The van der Waals surface area contributed by atoms with Gasteiger partial charge in [0, 0.05) is 19.4 Å². The number of unbranched alkanes of at least 4 members (excludes halogenated alkanes) is 9. The van der Waals surface area contributed by atoms with Crippen molar-refractivity contribution >= 4 is 7.82 Å². The summed E-state index contributed by atoms with van der Waals surface area (Å²) >= 11 is 0. The summed E-state index contributed by atoms with van der Waals surface area (Å²) in [7, 11) is -4.13. The molecule has 0 spiro atoms. The third-order valence-electron chi connectivity index (χ3n) is 5.92. The van der Waals surface area contributed by atoms with Crippen LogP contribution in [0.25, 0.3) is 0 Å². The predicted octanol–water partition coefficient (Wildman–Crippen LogP) is 6.69. The van der Waals surface area contributed by atoms with E-state index in [0.717, 1.165) is 25.0 Å². The molecular weight excluding hydrogens is 483 g/mol. The van der Waals surface area contributed by atoms with E-state index >= 15 is 0 Å². The zero-order valence-corrected chi connectivity index (χ0v) is 23.0. The second-order valence-corrected chi connectivity index (χ2v) is 10.7. The summed E-state index contributed by atoms with van der Waals surface area (Å²) < 4.78 is 45.8. The van der Waals surface area contributed by atoms with E-state index in [0.29, 0.717) is 45.0 Å². The molecule has 0 aromatic heterocycles. The molecule has 0 saturated carbocycles. The lowest BCUT2D eigenvalue weighted by Gasteiger charge is -2.21. The van der Waals surface area contributed by atoms with Gasteiger partial charge in [-0.3, -0.25) is 9.05 Å². The van der Waals surface area contributed by atoms with Crippen molar-refractivity contribution < 1.29 is 37.5 Å². The molecule has 0 radical (unpaired) electrons.